The van der Waals surface area contributed by atoms with Gasteiger partial charge in [0.2, 0.25) is 0 Å². The second-order valence-corrected chi connectivity index (χ2v) is 7.27. The summed E-state index contributed by atoms with van der Waals surface area (Å²) in [5, 5.41) is 17.6. The average molecular weight is 391 g/mol. The number of anilines is 1. The first-order valence-corrected chi connectivity index (χ1v) is 9.97. The monoisotopic (exact) mass is 391 g/mol. The number of benzene rings is 2. The normalized spacial score (nSPS) is 13.3. The van der Waals surface area contributed by atoms with E-state index in [1.54, 1.807) is 19.2 Å². The lowest BCUT2D eigenvalue weighted by atomic mass is 10.0. The lowest BCUT2D eigenvalue weighted by molar-refractivity contribution is 0.0697. The predicted octanol–water partition coefficient (Wildman–Crippen LogP) is 4.11. The molecule has 3 aromatic rings. The Balaban J connectivity index is 1.62. The summed E-state index contributed by atoms with van der Waals surface area (Å²) >= 11 is 0. The Labute approximate surface area is 170 Å². The van der Waals surface area contributed by atoms with Crippen LogP contribution in [0.15, 0.2) is 48.5 Å². The molecule has 0 bridgehead atoms. The Morgan fingerprint density at radius 2 is 1.86 bits per heavy atom. The van der Waals surface area contributed by atoms with E-state index in [9.17, 15) is 4.79 Å². The third-order valence-electron chi connectivity index (χ3n) is 5.38. The van der Waals surface area contributed by atoms with E-state index in [4.69, 9.17) is 14.9 Å². The van der Waals surface area contributed by atoms with Crippen molar-refractivity contribution in [2.24, 2.45) is 0 Å². The largest absolute Gasteiger partial charge is 0.497 e. The van der Waals surface area contributed by atoms with Gasteiger partial charge in [0.05, 0.1) is 24.1 Å². The zero-order chi connectivity index (χ0) is 20.2. The number of ether oxygens (including phenoxy) is 1. The molecule has 1 aromatic heterocycles. The van der Waals surface area contributed by atoms with Gasteiger partial charge in [0, 0.05) is 12.1 Å². The molecular formula is C23H25N3O3. The molecule has 0 spiro atoms. The molecule has 0 radical (unpaired) electrons. The summed E-state index contributed by atoms with van der Waals surface area (Å²) in [5.74, 6) is 0.977. The highest BCUT2D eigenvalue weighted by molar-refractivity contribution is 5.87. The van der Waals surface area contributed by atoms with Crippen LogP contribution in [0.2, 0.25) is 0 Å². The Bertz CT molecular complexity index is 991. The first kappa shape index (κ1) is 19.1. The van der Waals surface area contributed by atoms with Crippen molar-refractivity contribution in [2.75, 3.05) is 19.0 Å². The number of carbonyl (C=O) groups is 1. The van der Waals surface area contributed by atoms with Crippen molar-refractivity contribution < 1.29 is 14.6 Å². The lowest BCUT2D eigenvalue weighted by Crippen LogP contribution is -2.07. The van der Waals surface area contributed by atoms with Gasteiger partial charge in [-0.05, 0) is 74.1 Å². The molecular weight excluding hydrogens is 366 g/mol. The summed E-state index contributed by atoms with van der Waals surface area (Å²) in [4.78, 5) is 11.1. The van der Waals surface area contributed by atoms with Crippen molar-refractivity contribution in [1.82, 2.24) is 9.78 Å². The maximum atomic E-state index is 11.1. The van der Waals surface area contributed by atoms with Gasteiger partial charge < -0.3 is 15.2 Å². The second-order valence-electron chi connectivity index (χ2n) is 7.27. The fourth-order valence-electron chi connectivity index (χ4n) is 3.76. The molecule has 150 valence electrons. The first-order valence-electron chi connectivity index (χ1n) is 9.97. The molecule has 1 aliphatic rings. The van der Waals surface area contributed by atoms with E-state index in [0.29, 0.717) is 0 Å². The number of aromatic nitrogens is 2. The maximum absolute atomic E-state index is 11.1. The highest BCUT2D eigenvalue weighted by atomic mass is 16.5. The molecule has 29 heavy (non-hydrogen) atoms. The number of nitrogens with one attached hydrogen (secondary N) is 1. The van der Waals surface area contributed by atoms with Crippen molar-refractivity contribution >= 4 is 11.8 Å². The molecule has 0 saturated heterocycles. The molecule has 0 atom stereocenters. The Hall–Kier alpha value is -3.28. The maximum Gasteiger partial charge on any atom is 0.335 e. The van der Waals surface area contributed by atoms with E-state index in [1.807, 2.05) is 28.9 Å². The summed E-state index contributed by atoms with van der Waals surface area (Å²) in [5.41, 5.74) is 4.78. The summed E-state index contributed by atoms with van der Waals surface area (Å²) in [6.45, 7) is 0.920. The Morgan fingerprint density at radius 1 is 1.10 bits per heavy atom. The topological polar surface area (TPSA) is 76.4 Å². The number of carboxylic acids is 1. The molecule has 0 fully saturated rings. The quantitative estimate of drug-likeness (QED) is 0.661. The second kappa shape index (κ2) is 8.39. The zero-order valence-corrected chi connectivity index (χ0v) is 16.5. The van der Waals surface area contributed by atoms with E-state index >= 15 is 0 Å². The van der Waals surface area contributed by atoms with Gasteiger partial charge in [0.25, 0.3) is 0 Å². The number of aryl methyl sites for hydroxylation is 2. The predicted molar refractivity (Wildman–Crippen MR) is 112 cm³/mol. The van der Waals surface area contributed by atoms with Crippen molar-refractivity contribution in [3.63, 3.8) is 0 Å². The number of hydrogen-bond donors (Lipinski definition) is 2. The van der Waals surface area contributed by atoms with Gasteiger partial charge in [0.1, 0.15) is 11.6 Å². The molecule has 6 heteroatoms. The number of methoxy groups -OCH3 is 1. The summed E-state index contributed by atoms with van der Waals surface area (Å²) in [6, 6.07) is 15.0. The molecule has 4 rings (SSSR count). The molecule has 2 aromatic carbocycles. The van der Waals surface area contributed by atoms with E-state index in [0.717, 1.165) is 61.6 Å². The standard InChI is InChI=1S/C23H25N3O3/c1-29-19-12-5-16(6-13-19)7-14-21-20-4-2-3-15-24-22(20)26(25-21)18-10-8-17(9-11-18)23(27)28/h5-6,8-13,24H,2-4,7,14-15H2,1H3,(H,27,28). The Morgan fingerprint density at radius 3 is 2.55 bits per heavy atom. The van der Waals surface area contributed by atoms with Crippen molar-refractivity contribution in [3.8, 4) is 11.4 Å². The van der Waals surface area contributed by atoms with E-state index in [-0.39, 0.29) is 5.56 Å². The zero-order valence-electron chi connectivity index (χ0n) is 16.5. The van der Waals surface area contributed by atoms with Crippen LogP contribution < -0.4 is 10.1 Å². The molecule has 0 aliphatic carbocycles. The molecule has 1 aliphatic heterocycles. The van der Waals surface area contributed by atoms with Crippen LogP contribution in [-0.2, 0) is 19.3 Å². The highest BCUT2D eigenvalue weighted by Crippen LogP contribution is 2.29. The smallest absolute Gasteiger partial charge is 0.335 e. The molecule has 0 saturated carbocycles. The third kappa shape index (κ3) is 4.11. The first-order chi connectivity index (χ1) is 14.2. The summed E-state index contributed by atoms with van der Waals surface area (Å²) in [6.07, 6.45) is 5.04. The van der Waals surface area contributed by atoms with Crippen LogP contribution in [-0.4, -0.2) is 34.5 Å². The number of aromatic carboxylic acids is 1. The van der Waals surface area contributed by atoms with Crippen LogP contribution in [0.5, 0.6) is 5.75 Å². The Kier molecular flexibility index (Phi) is 5.51. The molecule has 6 nitrogen and oxygen atoms in total. The highest BCUT2D eigenvalue weighted by Gasteiger charge is 2.20. The third-order valence-corrected chi connectivity index (χ3v) is 5.38. The number of fused-ring (bicyclic) bond motifs is 1. The minimum Gasteiger partial charge on any atom is -0.497 e. The summed E-state index contributed by atoms with van der Waals surface area (Å²) < 4.78 is 7.16. The van der Waals surface area contributed by atoms with Crippen LogP contribution in [0, 0.1) is 0 Å². The minimum absolute atomic E-state index is 0.277. The van der Waals surface area contributed by atoms with Gasteiger partial charge in [-0.25, -0.2) is 9.48 Å². The van der Waals surface area contributed by atoms with E-state index in [2.05, 4.69) is 17.4 Å². The van der Waals surface area contributed by atoms with Crippen LogP contribution in [0.3, 0.4) is 0 Å². The van der Waals surface area contributed by atoms with Crippen LogP contribution >= 0.6 is 0 Å². The molecule has 2 N–H and O–H groups in total. The van der Waals surface area contributed by atoms with Gasteiger partial charge in [-0.1, -0.05) is 12.1 Å². The number of carboxylic acid groups (broad SMARTS) is 1. The fraction of sp³-hybridized carbons (Fsp3) is 0.304. The minimum atomic E-state index is -0.922. The van der Waals surface area contributed by atoms with Gasteiger partial charge in [-0.3, -0.25) is 0 Å². The van der Waals surface area contributed by atoms with E-state index < -0.39 is 5.97 Å². The number of rotatable bonds is 6. The number of hydrogen-bond acceptors (Lipinski definition) is 4. The summed E-state index contributed by atoms with van der Waals surface area (Å²) in [7, 11) is 1.67. The van der Waals surface area contributed by atoms with Gasteiger partial charge >= 0.3 is 5.97 Å². The fourth-order valence-corrected chi connectivity index (χ4v) is 3.76. The molecule has 2 heterocycles. The average Bonchev–Trinajstić information content (AvgIpc) is 2.92. The van der Waals surface area contributed by atoms with Crippen LogP contribution in [0.4, 0.5) is 5.82 Å². The van der Waals surface area contributed by atoms with Crippen LogP contribution in [0.25, 0.3) is 5.69 Å². The van der Waals surface area contributed by atoms with E-state index in [1.165, 1.54) is 11.1 Å². The van der Waals surface area contributed by atoms with Gasteiger partial charge in [-0.15, -0.1) is 0 Å². The molecule has 0 unspecified atom stereocenters. The SMILES string of the molecule is COc1ccc(CCc2nn(-c3ccc(C(=O)O)cc3)c3c2CCCCN3)cc1. The molecule has 0 amide bonds. The lowest BCUT2D eigenvalue weighted by Gasteiger charge is -2.09. The van der Waals surface area contributed by atoms with Gasteiger partial charge in [-0.2, -0.15) is 5.10 Å². The van der Waals surface area contributed by atoms with Crippen molar-refractivity contribution in [3.05, 3.63) is 70.9 Å². The van der Waals surface area contributed by atoms with Crippen LogP contribution in [0.1, 0.15) is 40.0 Å². The van der Waals surface area contributed by atoms with Gasteiger partial charge in [0.15, 0.2) is 0 Å². The van der Waals surface area contributed by atoms with Crippen molar-refractivity contribution in [1.29, 1.82) is 0 Å². The van der Waals surface area contributed by atoms with Crippen molar-refractivity contribution in [2.45, 2.75) is 32.1 Å². The number of nitrogens with zero attached hydrogens (tertiary/aromatic N) is 2.